The maximum absolute atomic E-state index is 12.6. The maximum atomic E-state index is 12.6. The average molecular weight is 344 g/mol. The Kier molecular flexibility index (Phi) is 4.07. The highest BCUT2D eigenvalue weighted by atomic mass is 127. The lowest BCUT2D eigenvalue weighted by atomic mass is 10.1. The second-order valence-electron chi connectivity index (χ2n) is 3.18. The Bertz CT molecular complexity index is 429. The van der Waals surface area contributed by atoms with Gasteiger partial charge in [0, 0.05) is 6.26 Å². The number of benzene rings is 1. The molecule has 0 bridgehead atoms. The van der Waals surface area contributed by atoms with Crippen LogP contribution < -0.4 is 0 Å². The van der Waals surface area contributed by atoms with Crippen LogP contribution in [0.15, 0.2) is 24.3 Å². The van der Waals surface area contributed by atoms with Gasteiger partial charge in [0.1, 0.15) is 15.2 Å². The van der Waals surface area contributed by atoms with Crippen LogP contribution >= 0.6 is 22.6 Å². The van der Waals surface area contributed by atoms with E-state index in [1.54, 1.807) is 22.6 Å². The molecule has 0 unspecified atom stereocenters. The van der Waals surface area contributed by atoms with E-state index in [2.05, 4.69) is 0 Å². The summed E-state index contributed by atoms with van der Waals surface area (Å²) in [4.78, 5) is 0. The van der Waals surface area contributed by atoms with Crippen LogP contribution in [0.25, 0.3) is 0 Å². The van der Waals surface area contributed by atoms with Crippen molar-refractivity contribution in [1.29, 1.82) is 0 Å². The van der Waals surface area contributed by atoms with Gasteiger partial charge in [-0.25, -0.2) is 12.8 Å². The van der Waals surface area contributed by atoms with Gasteiger partial charge in [0.2, 0.25) is 0 Å². The zero-order chi connectivity index (χ0) is 11.6. The molecule has 0 heterocycles. The van der Waals surface area contributed by atoms with E-state index in [4.69, 9.17) is 0 Å². The summed E-state index contributed by atoms with van der Waals surface area (Å²) in [5.74, 6) is -0.421. The minimum absolute atomic E-state index is 0.390. The summed E-state index contributed by atoms with van der Waals surface area (Å²) in [6.07, 6.45) is -0.0853. The Hall–Kier alpha value is -0.210. The van der Waals surface area contributed by atoms with Gasteiger partial charge < -0.3 is 5.11 Å². The van der Waals surface area contributed by atoms with Crippen molar-refractivity contribution < 1.29 is 17.9 Å². The average Bonchev–Trinajstić information content (AvgIpc) is 2.15. The predicted octanol–water partition coefficient (Wildman–Crippen LogP) is 1.66. The lowest BCUT2D eigenvalue weighted by Crippen LogP contribution is -2.21. The number of sulfone groups is 1. The third-order valence-electron chi connectivity index (χ3n) is 1.87. The van der Waals surface area contributed by atoms with Crippen LogP contribution in [-0.2, 0) is 9.84 Å². The number of alkyl halides is 1. The van der Waals surface area contributed by atoms with E-state index in [0.29, 0.717) is 5.56 Å². The third-order valence-corrected chi connectivity index (χ3v) is 6.40. The first kappa shape index (κ1) is 12.9. The van der Waals surface area contributed by atoms with Crippen LogP contribution in [0.4, 0.5) is 4.39 Å². The third kappa shape index (κ3) is 3.39. The second-order valence-corrected chi connectivity index (χ2v) is 7.53. The highest BCUT2D eigenvalue weighted by molar-refractivity contribution is 14.1. The van der Waals surface area contributed by atoms with Gasteiger partial charge in [-0.05, 0) is 17.7 Å². The van der Waals surface area contributed by atoms with Crippen LogP contribution in [0.3, 0.4) is 0 Å². The smallest absolute Gasteiger partial charge is 0.162 e. The van der Waals surface area contributed by atoms with E-state index >= 15 is 0 Å². The molecule has 0 saturated carbocycles. The van der Waals surface area contributed by atoms with E-state index in [0.717, 1.165) is 6.26 Å². The molecule has 0 fully saturated rings. The summed E-state index contributed by atoms with van der Waals surface area (Å²) < 4.78 is 34.0. The van der Waals surface area contributed by atoms with Crippen LogP contribution in [0.5, 0.6) is 0 Å². The molecule has 0 spiro atoms. The van der Waals surface area contributed by atoms with Gasteiger partial charge in [-0.2, -0.15) is 0 Å². The monoisotopic (exact) mass is 344 g/mol. The van der Waals surface area contributed by atoms with Gasteiger partial charge in [-0.15, -0.1) is 0 Å². The van der Waals surface area contributed by atoms with Crippen LogP contribution in [0.2, 0.25) is 0 Å². The topological polar surface area (TPSA) is 54.4 Å². The molecule has 2 atom stereocenters. The SMILES string of the molecule is CS(=O)(=O)[C@H](I)[C@H](O)c1ccc(F)cc1. The van der Waals surface area contributed by atoms with E-state index in [9.17, 15) is 17.9 Å². The largest absolute Gasteiger partial charge is 0.386 e. The lowest BCUT2D eigenvalue weighted by Gasteiger charge is -2.15. The highest BCUT2D eigenvalue weighted by Crippen LogP contribution is 2.26. The first-order valence-corrected chi connectivity index (χ1v) is 7.29. The van der Waals surface area contributed by atoms with Crippen molar-refractivity contribution >= 4 is 32.4 Å². The van der Waals surface area contributed by atoms with E-state index in [1.165, 1.54) is 24.3 Å². The minimum Gasteiger partial charge on any atom is -0.386 e. The Balaban J connectivity index is 2.95. The van der Waals surface area contributed by atoms with Crippen molar-refractivity contribution in [2.24, 2.45) is 0 Å². The fraction of sp³-hybridized carbons (Fsp3) is 0.333. The zero-order valence-electron chi connectivity index (χ0n) is 7.89. The molecule has 0 aliphatic rings. The molecule has 0 aromatic heterocycles. The molecular weight excluding hydrogens is 334 g/mol. The molecule has 0 radical (unpaired) electrons. The second kappa shape index (κ2) is 4.75. The molecule has 84 valence electrons. The number of rotatable bonds is 3. The quantitative estimate of drug-likeness (QED) is 0.670. The molecule has 0 saturated heterocycles. The van der Waals surface area contributed by atoms with Crippen molar-refractivity contribution in [3.8, 4) is 0 Å². The number of hydrogen-bond acceptors (Lipinski definition) is 3. The normalized spacial score (nSPS) is 16.0. The van der Waals surface area contributed by atoms with E-state index < -0.39 is 25.0 Å². The van der Waals surface area contributed by atoms with E-state index in [1.807, 2.05) is 0 Å². The number of halogens is 2. The Morgan fingerprint density at radius 2 is 1.80 bits per heavy atom. The fourth-order valence-electron chi connectivity index (χ4n) is 1.05. The number of aliphatic hydroxyl groups excluding tert-OH is 1. The van der Waals surface area contributed by atoms with Gasteiger partial charge in [0.05, 0.1) is 0 Å². The molecule has 0 aliphatic heterocycles. The Morgan fingerprint density at radius 3 is 2.20 bits per heavy atom. The summed E-state index contributed by atoms with van der Waals surface area (Å²) >= 11 is 1.65. The van der Waals surface area contributed by atoms with Crippen molar-refractivity contribution in [3.63, 3.8) is 0 Å². The maximum Gasteiger partial charge on any atom is 0.162 e. The minimum atomic E-state index is -3.32. The van der Waals surface area contributed by atoms with Gasteiger partial charge in [0.25, 0.3) is 0 Å². The number of aliphatic hydroxyl groups is 1. The first-order valence-electron chi connectivity index (χ1n) is 4.09. The van der Waals surface area contributed by atoms with E-state index in [-0.39, 0.29) is 0 Å². The van der Waals surface area contributed by atoms with Crippen molar-refractivity contribution in [1.82, 2.24) is 0 Å². The molecule has 6 heteroatoms. The summed E-state index contributed by atoms with van der Waals surface area (Å²) in [6, 6.07) is 5.11. The molecule has 1 N–H and O–H groups in total. The number of hydrogen-bond donors (Lipinski definition) is 1. The molecular formula is C9H10FIO3S. The van der Waals surface area contributed by atoms with Crippen molar-refractivity contribution in [3.05, 3.63) is 35.6 Å². The summed E-state index contributed by atoms with van der Waals surface area (Å²) in [7, 11) is -3.32. The molecule has 1 rings (SSSR count). The van der Waals surface area contributed by atoms with Crippen LogP contribution in [-0.4, -0.2) is 23.0 Å². The summed E-state index contributed by atoms with van der Waals surface area (Å²) in [6.45, 7) is 0. The van der Waals surface area contributed by atoms with Gasteiger partial charge >= 0.3 is 0 Å². The van der Waals surface area contributed by atoms with Gasteiger partial charge in [0.15, 0.2) is 9.84 Å². The van der Waals surface area contributed by atoms with Gasteiger partial charge in [-0.3, -0.25) is 0 Å². The van der Waals surface area contributed by atoms with Gasteiger partial charge in [-0.1, -0.05) is 34.7 Å². The van der Waals surface area contributed by atoms with Crippen LogP contribution in [0.1, 0.15) is 11.7 Å². The first-order chi connectivity index (χ1) is 6.82. The molecule has 1 aromatic rings. The Morgan fingerprint density at radius 1 is 1.33 bits per heavy atom. The van der Waals surface area contributed by atoms with Crippen molar-refractivity contribution in [2.45, 2.75) is 9.36 Å². The van der Waals surface area contributed by atoms with Crippen LogP contribution in [0, 0.1) is 5.82 Å². The molecule has 1 aromatic carbocycles. The molecule has 0 amide bonds. The predicted molar refractivity (Wildman–Crippen MR) is 64.0 cm³/mol. The standard InChI is InChI=1S/C9H10FIO3S/c1-15(13,14)9(11)8(12)6-2-4-7(10)5-3-6/h2-5,8-9,12H,1H3/t8-,9+/m1/s1. The van der Waals surface area contributed by atoms with Crippen molar-refractivity contribution in [2.75, 3.05) is 6.26 Å². The molecule has 3 nitrogen and oxygen atoms in total. The summed E-state index contributed by atoms with van der Waals surface area (Å²) in [5.41, 5.74) is 0.390. The lowest BCUT2D eigenvalue weighted by molar-refractivity contribution is 0.197. The molecule has 0 aliphatic carbocycles. The Labute approximate surface area is 101 Å². The fourth-order valence-corrected chi connectivity index (χ4v) is 2.09. The highest BCUT2D eigenvalue weighted by Gasteiger charge is 2.26. The zero-order valence-corrected chi connectivity index (χ0v) is 10.9. The summed E-state index contributed by atoms with van der Waals surface area (Å²) in [5, 5.41) is 9.71. The molecule has 15 heavy (non-hydrogen) atoms.